The Labute approximate surface area is 173 Å². The topological polar surface area (TPSA) is 92.5 Å². The lowest BCUT2D eigenvalue weighted by Crippen LogP contribution is -2.18. The molecule has 2 heterocycles. The lowest BCUT2D eigenvalue weighted by Gasteiger charge is -2.18. The molecule has 0 radical (unpaired) electrons. The third kappa shape index (κ3) is 3.89. The Kier molecular flexibility index (Phi) is 5.22. The Hall–Kier alpha value is -3.68. The molecule has 2 aromatic carbocycles. The molecule has 0 bridgehead atoms. The highest BCUT2D eigenvalue weighted by molar-refractivity contribution is 5.99. The van der Waals surface area contributed by atoms with Gasteiger partial charge in [0.05, 0.1) is 11.4 Å². The van der Waals surface area contributed by atoms with E-state index in [1.165, 1.54) is 4.80 Å². The zero-order valence-corrected chi connectivity index (χ0v) is 17.0. The predicted molar refractivity (Wildman–Crippen MR) is 108 cm³/mol. The minimum atomic E-state index is -0.700. The molecule has 4 rings (SSSR count). The molecular weight excluding hydrogens is 386 g/mol. The van der Waals surface area contributed by atoms with Crippen LogP contribution in [0.5, 0.6) is 11.5 Å². The number of hydrogen-bond donors (Lipinski definition) is 0. The third-order valence-electron chi connectivity index (χ3n) is 4.74. The van der Waals surface area contributed by atoms with Gasteiger partial charge in [0.15, 0.2) is 29.6 Å². The summed E-state index contributed by atoms with van der Waals surface area (Å²) in [5, 5.41) is 8.58. The largest absolute Gasteiger partial charge is 0.486 e. The second kappa shape index (κ2) is 7.98. The normalized spacial score (nSPS) is 12.5. The van der Waals surface area contributed by atoms with Crippen LogP contribution in [0, 0.1) is 20.8 Å². The molecule has 0 unspecified atom stereocenters. The van der Waals surface area contributed by atoms with Crippen molar-refractivity contribution in [3.05, 3.63) is 64.5 Å². The van der Waals surface area contributed by atoms with Gasteiger partial charge in [-0.25, -0.2) is 4.79 Å². The van der Waals surface area contributed by atoms with Gasteiger partial charge >= 0.3 is 5.97 Å². The van der Waals surface area contributed by atoms with Crippen LogP contribution in [-0.4, -0.2) is 46.6 Å². The highest BCUT2D eigenvalue weighted by Crippen LogP contribution is 2.30. The Morgan fingerprint density at radius 1 is 1.00 bits per heavy atom. The van der Waals surface area contributed by atoms with Gasteiger partial charge in [-0.15, -0.1) is 5.10 Å². The molecule has 154 valence electrons. The van der Waals surface area contributed by atoms with Crippen LogP contribution in [0.15, 0.2) is 36.4 Å². The minimum Gasteiger partial charge on any atom is -0.486 e. The summed E-state index contributed by atoms with van der Waals surface area (Å²) >= 11 is 0. The Balaban J connectivity index is 1.45. The molecule has 0 atom stereocenters. The van der Waals surface area contributed by atoms with E-state index in [0.29, 0.717) is 36.0 Å². The summed E-state index contributed by atoms with van der Waals surface area (Å²) in [6.45, 7) is 6.11. The molecule has 30 heavy (non-hydrogen) atoms. The van der Waals surface area contributed by atoms with Crippen molar-refractivity contribution >= 4 is 11.8 Å². The molecule has 8 nitrogen and oxygen atoms in total. The van der Waals surface area contributed by atoms with E-state index in [0.717, 1.165) is 16.8 Å². The van der Waals surface area contributed by atoms with Crippen molar-refractivity contribution in [2.45, 2.75) is 20.8 Å². The highest BCUT2D eigenvalue weighted by Gasteiger charge is 2.21. The quantitative estimate of drug-likeness (QED) is 0.474. The number of aromatic nitrogens is 3. The first-order valence-electron chi connectivity index (χ1n) is 9.54. The SMILES string of the molecule is Cc1ccc(-n2nc(C)c(C(=O)OCC(=O)c3ccc4c(c3)OCCO4)n2)c(C)c1. The zero-order valence-electron chi connectivity index (χ0n) is 17.0. The van der Waals surface area contributed by atoms with Gasteiger partial charge in [-0.3, -0.25) is 4.79 Å². The van der Waals surface area contributed by atoms with Crippen molar-refractivity contribution in [2.75, 3.05) is 19.8 Å². The fourth-order valence-corrected chi connectivity index (χ4v) is 3.20. The maximum absolute atomic E-state index is 12.5. The van der Waals surface area contributed by atoms with Gasteiger partial charge in [0.1, 0.15) is 13.2 Å². The lowest BCUT2D eigenvalue weighted by atomic mass is 10.1. The summed E-state index contributed by atoms with van der Waals surface area (Å²) in [5.74, 6) is 0.0493. The number of rotatable bonds is 5. The summed E-state index contributed by atoms with van der Waals surface area (Å²) in [6.07, 6.45) is 0. The molecule has 1 aliphatic heterocycles. The molecule has 1 aliphatic rings. The highest BCUT2D eigenvalue weighted by atomic mass is 16.6. The Morgan fingerprint density at radius 3 is 2.53 bits per heavy atom. The first kappa shape index (κ1) is 19.6. The van der Waals surface area contributed by atoms with E-state index in [1.807, 2.05) is 32.0 Å². The number of fused-ring (bicyclic) bond motifs is 1. The second-order valence-electron chi connectivity index (χ2n) is 7.07. The number of hydrogen-bond acceptors (Lipinski definition) is 7. The molecule has 1 aromatic heterocycles. The molecule has 0 fully saturated rings. The van der Waals surface area contributed by atoms with Crippen molar-refractivity contribution < 1.29 is 23.8 Å². The van der Waals surface area contributed by atoms with Crippen molar-refractivity contribution in [2.24, 2.45) is 0 Å². The van der Waals surface area contributed by atoms with Gasteiger partial charge in [-0.1, -0.05) is 17.7 Å². The van der Waals surface area contributed by atoms with E-state index in [9.17, 15) is 9.59 Å². The maximum atomic E-state index is 12.5. The van der Waals surface area contributed by atoms with Gasteiger partial charge in [-0.2, -0.15) is 9.90 Å². The predicted octanol–water partition coefficient (Wildman–Crippen LogP) is 3.00. The first-order valence-corrected chi connectivity index (χ1v) is 9.54. The van der Waals surface area contributed by atoms with Gasteiger partial charge in [-0.05, 0) is 50.6 Å². The van der Waals surface area contributed by atoms with E-state index < -0.39 is 12.6 Å². The number of benzene rings is 2. The van der Waals surface area contributed by atoms with Crippen LogP contribution in [0.2, 0.25) is 0 Å². The number of ketones is 1. The van der Waals surface area contributed by atoms with Gasteiger partial charge < -0.3 is 14.2 Å². The summed E-state index contributed by atoms with van der Waals surface area (Å²) in [4.78, 5) is 26.3. The summed E-state index contributed by atoms with van der Waals surface area (Å²) < 4.78 is 16.1. The maximum Gasteiger partial charge on any atom is 0.361 e. The monoisotopic (exact) mass is 407 g/mol. The molecule has 0 amide bonds. The van der Waals surface area contributed by atoms with Gasteiger partial charge in [0.25, 0.3) is 0 Å². The van der Waals surface area contributed by atoms with Crippen molar-refractivity contribution in [3.63, 3.8) is 0 Å². The third-order valence-corrected chi connectivity index (χ3v) is 4.74. The fraction of sp³-hybridized carbons (Fsp3) is 0.273. The van der Waals surface area contributed by atoms with Gasteiger partial charge in [0.2, 0.25) is 0 Å². The first-order chi connectivity index (χ1) is 14.4. The number of carbonyl (C=O) groups excluding carboxylic acids is 2. The molecule has 3 aromatic rings. The van der Waals surface area contributed by atoms with Crippen LogP contribution in [-0.2, 0) is 4.74 Å². The average molecular weight is 407 g/mol. The second-order valence-corrected chi connectivity index (χ2v) is 7.07. The number of carbonyl (C=O) groups is 2. The summed E-state index contributed by atoms with van der Waals surface area (Å²) in [7, 11) is 0. The lowest BCUT2D eigenvalue weighted by molar-refractivity contribution is 0.0467. The van der Waals surface area contributed by atoms with Crippen molar-refractivity contribution in [3.8, 4) is 17.2 Å². The smallest absolute Gasteiger partial charge is 0.361 e. The summed E-state index contributed by atoms with van der Waals surface area (Å²) in [6, 6.07) is 10.7. The van der Waals surface area contributed by atoms with Crippen LogP contribution >= 0.6 is 0 Å². The van der Waals surface area contributed by atoms with E-state index in [2.05, 4.69) is 10.2 Å². The van der Waals surface area contributed by atoms with E-state index >= 15 is 0 Å². The fourth-order valence-electron chi connectivity index (χ4n) is 3.20. The molecule has 8 heteroatoms. The minimum absolute atomic E-state index is 0.0740. The van der Waals surface area contributed by atoms with E-state index in [-0.39, 0.29) is 11.5 Å². The number of Topliss-reactive ketones (excluding diaryl/α,β-unsaturated/α-hetero) is 1. The average Bonchev–Trinajstić information content (AvgIpc) is 3.12. The molecule has 0 saturated heterocycles. The number of ether oxygens (including phenoxy) is 3. The van der Waals surface area contributed by atoms with E-state index in [4.69, 9.17) is 14.2 Å². The van der Waals surface area contributed by atoms with Crippen LogP contribution in [0.25, 0.3) is 5.69 Å². The van der Waals surface area contributed by atoms with Crippen LogP contribution < -0.4 is 9.47 Å². The molecule has 0 saturated carbocycles. The van der Waals surface area contributed by atoms with Crippen LogP contribution in [0.3, 0.4) is 0 Å². The summed E-state index contributed by atoms with van der Waals surface area (Å²) in [5.41, 5.74) is 3.76. The Morgan fingerprint density at radius 2 is 1.77 bits per heavy atom. The number of aryl methyl sites for hydroxylation is 3. The zero-order chi connectivity index (χ0) is 21.3. The molecular formula is C22H21N3O5. The Bertz CT molecular complexity index is 1140. The van der Waals surface area contributed by atoms with E-state index in [1.54, 1.807) is 25.1 Å². The van der Waals surface area contributed by atoms with Crippen molar-refractivity contribution in [1.82, 2.24) is 15.0 Å². The van der Waals surface area contributed by atoms with Crippen LogP contribution in [0.1, 0.15) is 37.7 Å². The van der Waals surface area contributed by atoms with Gasteiger partial charge in [0, 0.05) is 5.56 Å². The molecule has 0 spiro atoms. The number of esters is 1. The molecule has 0 N–H and O–H groups in total. The standard InChI is InChI=1S/C22H21N3O5/c1-13-4-6-17(14(2)10-13)25-23-15(3)21(24-25)22(27)30-12-18(26)16-5-7-19-20(11-16)29-9-8-28-19/h4-7,10-11H,8-9,12H2,1-3H3. The van der Waals surface area contributed by atoms with Crippen molar-refractivity contribution in [1.29, 1.82) is 0 Å². The van der Waals surface area contributed by atoms with Crippen LogP contribution in [0.4, 0.5) is 0 Å². The molecule has 0 aliphatic carbocycles. The number of nitrogens with zero attached hydrogens (tertiary/aromatic N) is 3.